The molecule has 9 heteroatoms. The minimum atomic E-state index is -0.807. The van der Waals surface area contributed by atoms with E-state index in [1.54, 1.807) is 13.3 Å². The lowest BCUT2D eigenvalue weighted by Crippen LogP contribution is -2.31. The van der Waals surface area contributed by atoms with Crippen LogP contribution in [0.15, 0.2) is 48.2 Å². The van der Waals surface area contributed by atoms with E-state index in [0.29, 0.717) is 24.3 Å². The molecule has 2 N–H and O–H groups in total. The number of aliphatic hydroxyl groups is 1. The third kappa shape index (κ3) is 3.99. The lowest BCUT2D eigenvalue weighted by atomic mass is 9.94. The molecule has 1 amide bonds. The number of aliphatic hydroxyl groups excluding tert-OH is 1. The van der Waals surface area contributed by atoms with Gasteiger partial charge in [0.1, 0.15) is 17.3 Å². The summed E-state index contributed by atoms with van der Waals surface area (Å²) >= 11 is 6.31. The van der Waals surface area contributed by atoms with Crippen LogP contribution in [0.1, 0.15) is 23.6 Å². The first-order valence-corrected chi connectivity index (χ1v) is 11.1. The molecule has 1 aliphatic rings. The molecule has 4 rings (SSSR count). The van der Waals surface area contributed by atoms with E-state index >= 15 is 0 Å². The Morgan fingerprint density at radius 3 is 2.56 bits per heavy atom. The number of ketones is 1. The minimum absolute atomic E-state index is 0.0355. The van der Waals surface area contributed by atoms with Gasteiger partial charge in [-0.1, -0.05) is 29.8 Å². The highest BCUT2D eigenvalue weighted by Gasteiger charge is 2.47. The number of carbonyl (C=O) groups excluding carboxylic acids is 2. The van der Waals surface area contributed by atoms with Gasteiger partial charge in [0.25, 0.3) is 11.7 Å². The van der Waals surface area contributed by atoms with Gasteiger partial charge in [0.15, 0.2) is 0 Å². The highest BCUT2D eigenvalue weighted by molar-refractivity contribution is 6.46. The Morgan fingerprint density at radius 1 is 1.12 bits per heavy atom. The summed E-state index contributed by atoms with van der Waals surface area (Å²) in [6.45, 7) is 0.700. The third-order valence-corrected chi connectivity index (χ3v) is 6.23. The van der Waals surface area contributed by atoms with E-state index in [1.807, 2.05) is 24.3 Å². The molecule has 1 fully saturated rings. The molecule has 1 aromatic heterocycles. The Kier molecular flexibility index (Phi) is 6.81. The number of aromatic amines is 1. The number of H-pyrrole nitrogens is 1. The molecule has 0 saturated carbocycles. The van der Waals surface area contributed by atoms with Crippen molar-refractivity contribution in [3.63, 3.8) is 0 Å². The number of nitrogens with one attached hydrogen (secondary N) is 1. The Labute approximate surface area is 201 Å². The van der Waals surface area contributed by atoms with Crippen LogP contribution in [-0.2, 0) is 14.3 Å². The third-order valence-electron chi connectivity index (χ3n) is 5.93. The fourth-order valence-corrected chi connectivity index (χ4v) is 4.56. The largest absolute Gasteiger partial charge is 0.507 e. The van der Waals surface area contributed by atoms with Crippen LogP contribution in [0.5, 0.6) is 11.5 Å². The van der Waals surface area contributed by atoms with Gasteiger partial charge < -0.3 is 29.2 Å². The maximum Gasteiger partial charge on any atom is 0.295 e. The van der Waals surface area contributed by atoms with Crippen LogP contribution in [0.4, 0.5) is 0 Å². The molecule has 1 unspecified atom stereocenters. The number of benzene rings is 2. The van der Waals surface area contributed by atoms with Crippen molar-refractivity contribution in [3.05, 3.63) is 64.3 Å². The lowest BCUT2D eigenvalue weighted by Gasteiger charge is -2.25. The number of carbonyl (C=O) groups is 2. The number of amides is 1. The van der Waals surface area contributed by atoms with Gasteiger partial charge in [0, 0.05) is 49.0 Å². The Balaban J connectivity index is 1.94. The first-order chi connectivity index (χ1) is 16.4. The number of aromatic nitrogens is 1. The molecule has 0 aliphatic carbocycles. The summed E-state index contributed by atoms with van der Waals surface area (Å²) in [4.78, 5) is 31.0. The number of hydrogen-bond acceptors (Lipinski definition) is 6. The van der Waals surface area contributed by atoms with Crippen molar-refractivity contribution in [2.75, 3.05) is 34.5 Å². The molecule has 2 aromatic carbocycles. The number of halogens is 1. The maximum atomic E-state index is 13.3. The van der Waals surface area contributed by atoms with Crippen LogP contribution in [0, 0.1) is 0 Å². The monoisotopic (exact) mass is 484 g/mol. The van der Waals surface area contributed by atoms with Gasteiger partial charge in [-0.2, -0.15) is 0 Å². The van der Waals surface area contributed by atoms with E-state index in [2.05, 4.69) is 4.98 Å². The van der Waals surface area contributed by atoms with E-state index < -0.39 is 17.7 Å². The topological polar surface area (TPSA) is 101 Å². The zero-order chi connectivity index (χ0) is 24.4. The second-order valence-electron chi connectivity index (χ2n) is 7.82. The van der Waals surface area contributed by atoms with Crippen molar-refractivity contribution in [1.82, 2.24) is 9.88 Å². The number of para-hydroxylation sites is 1. The molecule has 34 heavy (non-hydrogen) atoms. The second-order valence-corrected chi connectivity index (χ2v) is 8.22. The van der Waals surface area contributed by atoms with Gasteiger partial charge in [-0.3, -0.25) is 9.59 Å². The number of likely N-dealkylation sites (tertiary alicyclic amines) is 1. The van der Waals surface area contributed by atoms with Crippen molar-refractivity contribution in [2.45, 2.75) is 12.5 Å². The van der Waals surface area contributed by atoms with Crippen molar-refractivity contribution in [3.8, 4) is 11.5 Å². The Bertz CT molecular complexity index is 1280. The zero-order valence-electron chi connectivity index (χ0n) is 19.1. The molecule has 0 bridgehead atoms. The van der Waals surface area contributed by atoms with Crippen LogP contribution >= 0.6 is 11.6 Å². The predicted octanol–water partition coefficient (Wildman–Crippen LogP) is 4.30. The average Bonchev–Trinajstić information content (AvgIpc) is 3.37. The van der Waals surface area contributed by atoms with Crippen LogP contribution in [0.3, 0.4) is 0 Å². The van der Waals surface area contributed by atoms with Crippen molar-refractivity contribution in [1.29, 1.82) is 0 Å². The number of fused-ring (bicyclic) bond motifs is 1. The molecule has 0 radical (unpaired) electrons. The van der Waals surface area contributed by atoms with Gasteiger partial charge in [0.2, 0.25) is 0 Å². The van der Waals surface area contributed by atoms with E-state index in [9.17, 15) is 14.7 Å². The fraction of sp³-hybridized carbons (Fsp3) is 0.280. The van der Waals surface area contributed by atoms with Crippen molar-refractivity contribution < 1.29 is 28.9 Å². The van der Waals surface area contributed by atoms with Crippen molar-refractivity contribution >= 4 is 40.0 Å². The first-order valence-electron chi connectivity index (χ1n) is 10.7. The van der Waals surface area contributed by atoms with Crippen LogP contribution in [0.2, 0.25) is 5.02 Å². The summed E-state index contributed by atoms with van der Waals surface area (Å²) < 4.78 is 15.8. The SMILES string of the molecule is COCCCN1C(=O)C(=O)/C(=C(/O)c2cc(Cl)c(OC)cc2OC)C1c1c[nH]c2ccccc12. The van der Waals surface area contributed by atoms with Gasteiger partial charge in [0.05, 0.1) is 36.4 Å². The number of ether oxygens (including phenoxy) is 3. The predicted molar refractivity (Wildman–Crippen MR) is 128 cm³/mol. The Morgan fingerprint density at radius 2 is 1.85 bits per heavy atom. The quantitative estimate of drug-likeness (QED) is 0.214. The molecule has 1 aliphatic heterocycles. The van der Waals surface area contributed by atoms with E-state index in [4.69, 9.17) is 25.8 Å². The fourth-order valence-electron chi connectivity index (χ4n) is 4.32. The van der Waals surface area contributed by atoms with Crippen LogP contribution in [-0.4, -0.2) is 61.2 Å². The second kappa shape index (κ2) is 9.79. The molecular weight excluding hydrogens is 460 g/mol. The van der Waals surface area contributed by atoms with Gasteiger partial charge in [-0.25, -0.2) is 0 Å². The summed E-state index contributed by atoms with van der Waals surface area (Å²) in [6.07, 6.45) is 2.29. The molecular formula is C25H25ClN2O6. The zero-order valence-corrected chi connectivity index (χ0v) is 19.8. The minimum Gasteiger partial charge on any atom is -0.507 e. The summed E-state index contributed by atoms with van der Waals surface area (Å²) in [5, 5.41) is 12.5. The average molecular weight is 485 g/mol. The smallest absolute Gasteiger partial charge is 0.295 e. The molecule has 1 atom stereocenters. The van der Waals surface area contributed by atoms with Crippen LogP contribution in [0.25, 0.3) is 16.7 Å². The van der Waals surface area contributed by atoms with Gasteiger partial charge in [-0.05, 0) is 18.6 Å². The standard InChI is InChI=1S/C25H25ClN2O6/c1-32-10-6-9-28-22(16-13-27-18-8-5-4-7-14(16)18)21(24(30)25(28)31)23(29)15-11-17(26)20(34-3)12-19(15)33-2/h4-5,7-8,11-13,22,27,29H,6,9-10H2,1-3H3/b23-21+. The highest BCUT2D eigenvalue weighted by Crippen LogP contribution is 2.44. The molecule has 1 saturated heterocycles. The molecule has 0 spiro atoms. The molecule has 8 nitrogen and oxygen atoms in total. The lowest BCUT2D eigenvalue weighted by molar-refractivity contribution is -0.140. The van der Waals surface area contributed by atoms with E-state index in [0.717, 1.165) is 10.9 Å². The number of rotatable bonds is 8. The Hall–Kier alpha value is -3.49. The van der Waals surface area contributed by atoms with Crippen LogP contribution < -0.4 is 9.47 Å². The summed E-state index contributed by atoms with van der Waals surface area (Å²) in [6, 6.07) is 9.75. The number of methoxy groups -OCH3 is 3. The molecule has 178 valence electrons. The molecule has 2 heterocycles. The normalized spacial score (nSPS) is 17.5. The maximum absolute atomic E-state index is 13.3. The summed E-state index contributed by atoms with van der Waals surface area (Å²) in [5.74, 6) is -1.24. The highest BCUT2D eigenvalue weighted by atomic mass is 35.5. The molecule has 3 aromatic rings. The number of nitrogens with zero attached hydrogens (tertiary/aromatic N) is 1. The first kappa shape index (κ1) is 23.7. The van der Waals surface area contributed by atoms with E-state index in [1.165, 1.54) is 31.3 Å². The van der Waals surface area contributed by atoms with E-state index in [-0.39, 0.29) is 34.2 Å². The van der Waals surface area contributed by atoms with Gasteiger partial charge in [-0.15, -0.1) is 0 Å². The number of Topliss-reactive ketones (excluding diaryl/α,β-unsaturated/α-hetero) is 1. The summed E-state index contributed by atoms with van der Waals surface area (Å²) in [7, 11) is 4.47. The summed E-state index contributed by atoms with van der Waals surface area (Å²) in [5.41, 5.74) is 1.71. The number of hydrogen-bond donors (Lipinski definition) is 2. The van der Waals surface area contributed by atoms with Gasteiger partial charge >= 0.3 is 0 Å². The van der Waals surface area contributed by atoms with Crippen molar-refractivity contribution in [2.24, 2.45) is 0 Å².